The molecule has 0 aromatic heterocycles. The van der Waals surface area contributed by atoms with Crippen molar-refractivity contribution in [2.45, 2.75) is 18.9 Å². The predicted molar refractivity (Wildman–Crippen MR) is 101 cm³/mol. The van der Waals surface area contributed by atoms with E-state index in [1.54, 1.807) is 29.2 Å². The Labute approximate surface area is 151 Å². The summed E-state index contributed by atoms with van der Waals surface area (Å²) in [5, 5.41) is 8.92. The summed E-state index contributed by atoms with van der Waals surface area (Å²) in [6, 6.07) is 9.96. The summed E-state index contributed by atoms with van der Waals surface area (Å²) in [6.07, 6.45) is 5.73. The van der Waals surface area contributed by atoms with E-state index in [-0.39, 0.29) is 5.91 Å². The largest absolute Gasteiger partial charge is 0.341 e. The molecule has 1 heterocycles. The molecule has 5 nitrogen and oxygen atoms in total. The first-order valence-electron chi connectivity index (χ1n) is 8.81. The van der Waals surface area contributed by atoms with Crippen molar-refractivity contribution in [2.24, 2.45) is 0 Å². The third-order valence-electron chi connectivity index (χ3n) is 4.91. The maximum atomic E-state index is 12.3. The van der Waals surface area contributed by atoms with E-state index in [1.807, 2.05) is 19.2 Å². The zero-order valence-corrected chi connectivity index (χ0v) is 15.5. The molecule has 1 aliphatic heterocycles. The van der Waals surface area contributed by atoms with E-state index >= 15 is 0 Å². The van der Waals surface area contributed by atoms with Crippen molar-refractivity contribution < 1.29 is 4.79 Å². The Hall–Kier alpha value is -2.16. The molecule has 0 unspecified atom stereocenters. The second kappa shape index (κ2) is 9.36. The third-order valence-corrected chi connectivity index (χ3v) is 4.91. The van der Waals surface area contributed by atoms with E-state index in [2.05, 4.69) is 30.0 Å². The van der Waals surface area contributed by atoms with Crippen LogP contribution >= 0.6 is 0 Å². The second-order valence-corrected chi connectivity index (χ2v) is 6.85. The molecule has 0 saturated carbocycles. The molecule has 0 bridgehead atoms. The van der Waals surface area contributed by atoms with E-state index in [1.165, 1.54) is 12.8 Å². The summed E-state index contributed by atoms with van der Waals surface area (Å²) in [6.45, 7) is 3.89. The molecule has 0 N–H and O–H groups in total. The number of carbonyl (C=O) groups is 1. The van der Waals surface area contributed by atoms with Gasteiger partial charge in [0.1, 0.15) is 0 Å². The Morgan fingerprint density at radius 1 is 1.32 bits per heavy atom. The molecule has 0 aliphatic carbocycles. The number of carbonyl (C=O) groups excluding carboxylic acids is 1. The summed E-state index contributed by atoms with van der Waals surface area (Å²) < 4.78 is 0. The average Bonchev–Trinajstić information content (AvgIpc) is 2.64. The highest BCUT2D eigenvalue weighted by Gasteiger charge is 2.20. The maximum Gasteiger partial charge on any atom is 0.246 e. The monoisotopic (exact) mass is 340 g/mol. The van der Waals surface area contributed by atoms with Crippen LogP contribution in [0.15, 0.2) is 30.3 Å². The number of amides is 1. The van der Waals surface area contributed by atoms with Gasteiger partial charge in [-0.2, -0.15) is 5.26 Å². The van der Waals surface area contributed by atoms with Crippen molar-refractivity contribution in [1.29, 1.82) is 5.26 Å². The Kier molecular flexibility index (Phi) is 7.17. The number of piperidine rings is 1. The van der Waals surface area contributed by atoms with Crippen molar-refractivity contribution in [3.05, 3.63) is 41.5 Å². The number of likely N-dealkylation sites (tertiary alicyclic amines) is 1. The minimum atomic E-state index is -0.0147. The fourth-order valence-corrected chi connectivity index (χ4v) is 3.04. The minimum Gasteiger partial charge on any atom is -0.341 e. The molecule has 1 aromatic rings. The topological polar surface area (TPSA) is 50.6 Å². The van der Waals surface area contributed by atoms with Gasteiger partial charge in [0.2, 0.25) is 5.91 Å². The van der Waals surface area contributed by atoms with Gasteiger partial charge in [0.15, 0.2) is 0 Å². The molecule has 1 amide bonds. The Morgan fingerprint density at radius 2 is 2.04 bits per heavy atom. The van der Waals surface area contributed by atoms with Crippen LogP contribution in [0.1, 0.15) is 24.0 Å². The summed E-state index contributed by atoms with van der Waals surface area (Å²) in [5.41, 5.74) is 1.46. The van der Waals surface area contributed by atoms with Crippen LogP contribution in [-0.2, 0) is 4.79 Å². The van der Waals surface area contributed by atoms with Gasteiger partial charge in [0.25, 0.3) is 0 Å². The average molecular weight is 340 g/mol. The van der Waals surface area contributed by atoms with Crippen LogP contribution in [0.3, 0.4) is 0 Å². The van der Waals surface area contributed by atoms with E-state index in [0.29, 0.717) is 18.2 Å². The van der Waals surface area contributed by atoms with Crippen molar-refractivity contribution >= 4 is 12.0 Å². The van der Waals surface area contributed by atoms with Gasteiger partial charge in [0.05, 0.1) is 11.6 Å². The number of nitriles is 1. The van der Waals surface area contributed by atoms with E-state index in [9.17, 15) is 4.79 Å². The van der Waals surface area contributed by atoms with Gasteiger partial charge in [-0.25, -0.2) is 0 Å². The van der Waals surface area contributed by atoms with E-state index in [0.717, 1.165) is 25.2 Å². The Bertz CT molecular complexity index is 641. The first kappa shape index (κ1) is 19.2. The molecule has 1 aliphatic rings. The molecular formula is C20H28N4O. The molecule has 134 valence electrons. The first-order valence-corrected chi connectivity index (χ1v) is 8.81. The molecule has 0 spiro atoms. The molecular weight excluding hydrogens is 312 g/mol. The molecule has 2 rings (SSSR count). The van der Waals surface area contributed by atoms with Gasteiger partial charge in [-0.05, 0) is 63.8 Å². The van der Waals surface area contributed by atoms with E-state index < -0.39 is 0 Å². The molecule has 1 fully saturated rings. The molecule has 1 aromatic carbocycles. The van der Waals surface area contributed by atoms with Crippen LogP contribution in [0.25, 0.3) is 6.08 Å². The highest BCUT2D eigenvalue weighted by atomic mass is 16.2. The molecule has 0 atom stereocenters. The summed E-state index contributed by atoms with van der Waals surface area (Å²) in [4.78, 5) is 18.7. The first-order chi connectivity index (χ1) is 12.0. The molecule has 0 radical (unpaired) electrons. The number of hydrogen-bond acceptors (Lipinski definition) is 4. The second-order valence-electron chi connectivity index (χ2n) is 6.85. The molecule has 25 heavy (non-hydrogen) atoms. The van der Waals surface area contributed by atoms with Crippen LogP contribution in [0.4, 0.5) is 0 Å². The zero-order chi connectivity index (χ0) is 18.2. The van der Waals surface area contributed by atoms with Crippen LogP contribution in [0, 0.1) is 11.3 Å². The SMILES string of the molecule is CN1CCC(N(C)CCN(C)C(=O)C=Cc2cccc(C#N)c2)CC1. The van der Waals surface area contributed by atoms with Gasteiger partial charge < -0.3 is 14.7 Å². The van der Waals surface area contributed by atoms with E-state index in [4.69, 9.17) is 5.26 Å². The van der Waals surface area contributed by atoms with Gasteiger partial charge in [-0.15, -0.1) is 0 Å². The van der Waals surface area contributed by atoms with Crippen molar-refractivity contribution in [1.82, 2.24) is 14.7 Å². The highest BCUT2D eigenvalue weighted by molar-refractivity contribution is 5.91. The van der Waals surface area contributed by atoms with Crippen molar-refractivity contribution in [3.63, 3.8) is 0 Å². The fraction of sp³-hybridized carbons (Fsp3) is 0.500. The highest BCUT2D eigenvalue weighted by Crippen LogP contribution is 2.13. The third kappa shape index (κ3) is 6.00. The van der Waals surface area contributed by atoms with Crippen LogP contribution in [0.2, 0.25) is 0 Å². The van der Waals surface area contributed by atoms with Crippen LogP contribution in [-0.4, -0.2) is 74.0 Å². The summed E-state index contributed by atoms with van der Waals surface area (Å²) in [7, 11) is 6.15. The minimum absolute atomic E-state index is 0.0147. The quantitative estimate of drug-likeness (QED) is 0.744. The lowest BCUT2D eigenvalue weighted by molar-refractivity contribution is -0.124. The van der Waals surface area contributed by atoms with Gasteiger partial charge >= 0.3 is 0 Å². The normalized spacial score (nSPS) is 16.3. The lowest BCUT2D eigenvalue weighted by Gasteiger charge is -2.35. The Balaban J connectivity index is 1.79. The standard InChI is InChI=1S/C20H28N4O/c1-22-11-9-19(10-12-22)23(2)13-14-24(3)20(25)8-7-17-5-4-6-18(15-17)16-21/h4-8,15,19H,9-14H2,1-3H3. The van der Waals surface area contributed by atoms with Gasteiger partial charge in [0, 0.05) is 32.3 Å². The maximum absolute atomic E-state index is 12.3. The molecule has 5 heteroatoms. The Morgan fingerprint density at radius 3 is 2.72 bits per heavy atom. The van der Waals surface area contributed by atoms with Gasteiger partial charge in [-0.3, -0.25) is 4.79 Å². The summed E-state index contributed by atoms with van der Waals surface area (Å²) >= 11 is 0. The number of rotatable bonds is 6. The number of likely N-dealkylation sites (N-methyl/N-ethyl adjacent to an activating group) is 2. The van der Waals surface area contributed by atoms with Gasteiger partial charge in [-0.1, -0.05) is 12.1 Å². The van der Waals surface area contributed by atoms with Crippen molar-refractivity contribution in [2.75, 3.05) is 47.3 Å². The summed E-state index contributed by atoms with van der Waals surface area (Å²) in [5.74, 6) is -0.0147. The van der Waals surface area contributed by atoms with Crippen molar-refractivity contribution in [3.8, 4) is 6.07 Å². The lowest BCUT2D eigenvalue weighted by atomic mass is 10.0. The fourth-order valence-electron chi connectivity index (χ4n) is 3.04. The predicted octanol–water partition coefficient (Wildman–Crippen LogP) is 2.06. The number of hydrogen-bond donors (Lipinski definition) is 0. The lowest BCUT2D eigenvalue weighted by Crippen LogP contribution is -2.44. The number of benzene rings is 1. The van der Waals surface area contributed by atoms with Crippen LogP contribution in [0.5, 0.6) is 0 Å². The number of nitrogens with zero attached hydrogens (tertiary/aromatic N) is 4. The molecule has 1 saturated heterocycles. The van der Waals surface area contributed by atoms with Crippen LogP contribution < -0.4 is 0 Å². The zero-order valence-electron chi connectivity index (χ0n) is 15.5. The smallest absolute Gasteiger partial charge is 0.246 e.